The molecule has 5 heteroatoms. The van der Waals surface area contributed by atoms with Gasteiger partial charge in [-0.05, 0) is 57.5 Å². The highest BCUT2D eigenvalue weighted by Gasteiger charge is 2.30. The van der Waals surface area contributed by atoms with Crippen LogP contribution in [0.3, 0.4) is 0 Å². The zero-order valence-electron chi connectivity index (χ0n) is 13.4. The average molecular weight is 345 g/mol. The lowest BCUT2D eigenvalue weighted by molar-refractivity contribution is 0.0717. The molecular weight excluding hydrogens is 319 g/mol. The van der Waals surface area contributed by atoms with E-state index < -0.39 is 0 Å². The van der Waals surface area contributed by atoms with Crippen molar-refractivity contribution in [3.05, 3.63) is 33.8 Å². The van der Waals surface area contributed by atoms with Gasteiger partial charge in [0.2, 0.25) is 0 Å². The number of aliphatic hydroxyl groups excluding tert-OH is 1. The van der Waals surface area contributed by atoms with Gasteiger partial charge in [0.05, 0.1) is 10.0 Å². The summed E-state index contributed by atoms with van der Waals surface area (Å²) >= 11 is 12.4. The number of rotatable bonds is 6. The van der Waals surface area contributed by atoms with Crippen LogP contribution in [0, 0.1) is 5.92 Å². The van der Waals surface area contributed by atoms with Crippen molar-refractivity contribution in [1.82, 2.24) is 9.80 Å². The van der Waals surface area contributed by atoms with E-state index in [4.69, 9.17) is 28.3 Å². The monoisotopic (exact) mass is 344 g/mol. The van der Waals surface area contributed by atoms with Gasteiger partial charge < -0.3 is 10.0 Å². The molecule has 2 atom stereocenters. The molecule has 3 nitrogen and oxygen atoms in total. The Morgan fingerprint density at radius 2 is 2.09 bits per heavy atom. The number of hydrogen-bond donors (Lipinski definition) is 1. The summed E-state index contributed by atoms with van der Waals surface area (Å²) in [6, 6.07) is 6.43. The number of nitrogens with zero attached hydrogens (tertiary/aromatic N) is 2. The van der Waals surface area contributed by atoms with Gasteiger partial charge in [-0.3, -0.25) is 4.90 Å². The Hall–Kier alpha value is -0.320. The summed E-state index contributed by atoms with van der Waals surface area (Å²) in [6.07, 6.45) is 3.10. The van der Waals surface area contributed by atoms with Gasteiger partial charge in [-0.15, -0.1) is 0 Å². The number of benzene rings is 1. The van der Waals surface area contributed by atoms with E-state index in [1.165, 1.54) is 0 Å². The van der Waals surface area contributed by atoms with E-state index >= 15 is 0 Å². The van der Waals surface area contributed by atoms with Crippen molar-refractivity contribution in [2.75, 3.05) is 33.8 Å². The number of likely N-dealkylation sites (tertiary alicyclic amines) is 1. The highest BCUT2D eigenvalue weighted by Crippen LogP contribution is 2.30. The molecule has 1 fully saturated rings. The maximum absolute atomic E-state index is 9.13. The van der Waals surface area contributed by atoms with Gasteiger partial charge in [0, 0.05) is 25.7 Å². The highest BCUT2D eigenvalue weighted by atomic mass is 35.5. The van der Waals surface area contributed by atoms with Crippen LogP contribution in [0.15, 0.2) is 18.2 Å². The van der Waals surface area contributed by atoms with E-state index in [1.54, 1.807) is 0 Å². The number of hydrogen-bond acceptors (Lipinski definition) is 3. The number of aliphatic hydroxyl groups is 1. The second-order valence-corrected chi connectivity index (χ2v) is 7.18. The Kier molecular flexibility index (Phi) is 6.97. The minimum atomic E-state index is 0.275. The molecule has 2 rings (SSSR count). The summed E-state index contributed by atoms with van der Waals surface area (Å²) in [5, 5.41) is 10.4. The van der Waals surface area contributed by atoms with Crippen LogP contribution in [-0.2, 0) is 6.54 Å². The first-order valence-corrected chi connectivity index (χ1v) is 8.71. The maximum Gasteiger partial charge on any atom is 0.0637 e. The molecule has 124 valence electrons. The normalized spacial score (nSPS) is 23.2. The van der Waals surface area contributed by atoms with Gasteiger partial charge in [-0.25, -0.2) is 0 Å². The van der Waals surface area contributed by atoms with Gasteiger partial charge in [0.15, 0.2) is 0 Å². The number of halogens is 2. The van der Waals surface area contributed by atoms with Crippen molar-refractivity contribution in [1.29, 1.82) is 0 Å². The minimum absolute atomic E-state index is 0.275. The lowest BCUT2D eigenvalue weighted by Gasteiger charge is -2.42. The Labute approximate surface area is 143 Å². The second kappa shape index (κ2) is 8.51. The fourth-order valence-electron chi connectivity index (χ4n) is 3.47. The van der Waals surface area contributed by atoms with E-state index in [-0.39, 0.29) is 6.61 Å². The summed E-state index contributed by atoms with van der Waals surface area (Å²) in [5.74, 6) is 0.592. The van der Waals surface area contributed by atoms with Crippen molar-refractivity contribution in [2.45, 2.75) is 31.8 Å². The lowest BCUT2D eigenvalue weighted by Crippen LogP contribution is -2.48. The highest BCUT2D eigenvalue weighted by molar-refractivity contribution is 6.42. The smallest absolute Gasteiger partial charge is 0.0637 e. The van der Waals surface area contributed by atoms with Crippen LogP contribution in [0.25, 0.3) is 0 Å². The van der Waals surface area contributed by atoms with Crippen molar-refractivity contribution in [3.63, 3.8) is 0 Å². The van der Waals surface area contributed by atoms with Crippen molar-refractivity contribution < 1.29 is 5.11 Å². The molecule has 1 aromatic carbocycles. The maximum atomic E-state index is 9.13. The molecule has 0 saturated carbocycles. The van der Waals surface area contributed by atoms with Crippen molar-refractivity contribution in [3.8, 4) is 0 Å². The van der Waals surface area contributed by atoms with Crippen LogP contribution >= 0.6 is 23.2 Å². The summed E-state index contributed by atoms with van der Waals surface area (Å²) in [4.78, 5) is 4.78. The largest absolute Gasteiger partial charge is 0.396 e. The van der Waals surface area contributed by atoms with Crippen LogP contribution in [0.2, 0.25) is 10.0 Å². The van der Waals surface area contributed by atoms with E-state index in [9.17, 15) is 0 Å². The van der Waals surface area contributed by atoms with Crippen molar-refractivity contribution >= 4 is 23.2 Å². The topological polar surface area (TPSA) is 26.7 Å². The van der Waals surface area contributed by atoms with E-state index in [2.05, 4.69) is 30.0 Å². The van der Waals surface area contributed by atoms with Crippen LogP contribution in [-0.4, -0.2) is 54.7 Å². The predicted octanol–water partition coefficient (Wildman–Crippen LogP) is 3.52. The first-order valence-electron chi connectivity index (χ1n) is 7.95. The van der Waals surface area contributed by atoms with Crippen LogP contribution < -0.4 is 0 Å². The fourth-order valence-corrected chi connectivity index (χ4v) is 3.85. The van der Waals surface area contributed by atoms with E-state index in [0.717, 1.165) is 44.5 Å². The zero-order chi connectivity index (χ0) is 16.1. The molecular formula is C17H26Cl2N2O. The molecule has 0 aromatic heterocycles. The Balaban J connectivity index is 2.02. The van der Waals surface area contributed by atoms with Crippen molar-refractivity contribution in [2.24, 2.45) is 5.92 Å². The Morgan fingerprint density at radius 3 is 2.77 bits per heavy atom. The Bertz CT molecular complexity index is 482. The van der Waals surface area contributed by atoms with E-state index in [1.807, 2.05) is 12.1 Å². The van der Waals surface area contributed by atoms with E-state index in [0.29, 0.717) is 22.0 Å². The molecule has 0 spiro atoms. The summed E-state index contributed by atoms with van der Waals surface area (Å²) in [7, 11) is 4.31. The van der Waals surface area contributed by atoms with Crippen LogP contribution in [0.1, 0.15) is 24.8 Å². The minimum Gasteiger partial charge on any atom is -0.396 e. The zero-order valence-corrected chi connectivity index (χ0v) is 14.9. The molecule has 0 radical (unpaired) electrons. The third-order valence-corrected chi connectivity index (χ3v) is 5.46. The third-order valence-electron chi connectivity index (χ3n) is 4.60. The molecule has 1 N–H and O–H groups in total. The summed E-state index contributed by atoms with van der Waals surface area (Å²) in [5.41, 5.74) is 1.10. The second-order valence-electron chi connectivity index (χ2n) is 6.39. The molecule has 0 amide bonds. The molecule has 1 aromatic rings. The first kappa shape index (κ1) is 18.0. The predicted molar refractivity (Wildman–Crippen MR) is 93.6 cm³/mol. The fraction of sp³-hybridized carbons (Fsp3) is 0.647. The van der Waals surface area contributed by atoms with Gasteiger partial charge >= 0.3 is 0 Å². The summed E-state index contributed by atoms with van der Waals surface area (Å²) < 4.78 is 0. The Morgan fingerprint density at radius 1 is 1.32 bits per heavy atom. The lowest BCUT2D eigenvalue weighted by atomic mass is 9.87. The molecule has 1 aliphatic heterocycles. The molecule has 0 bridgehead atoms. The quantitative estimate of drug-likeness (QED) is 0.855. The molecule has 0 aliphatic carbocycles. The molecule has 1 aliphatic rings. The van der Waals surface area contributed by atoms with Gasteiger partial charge in [-0.1, -0.05) is 35.3 Å². The summed E-state index contributed by atoms with van der Waals surface area (Å²) in [6.45, 7) is 3.24. The molecule has 22 heavy (non-hydrogen) atoms. The standard InChI is InChI=1S/C17H26Cl2N2O/c1-20(2)16-8-9-21(11-13(16)6-4-10-22)12-14-5-3-7-15(18)17(14)19/h3,5,7,13,16,22H,4,6,8-12H2,1-2H3/t13-,16+/m0/s1. The van der Waals surface area contributed by atoms with Gasteiger partial charge in [-0.2, -0.15) is 0 Å². The van der Waals surface area contributed by atoms with Crippen LogP contribution in [0.5, 0.6) is 0 Å². The third kappa shape index (κ3) is 4.59. The van der Waals surface area contributed by atoms with Gasteiger partial charge in [0.1, 0.15) is 0 Å². The van der Waals surface area contributed by atoms with Gasteiger partial charge in [0.25, 0.3) is 0 Å². The molecule has 1 saturated heterocycles. The number of piperidine rings is 1. The molecule has 1 heterocycles. The van der Waals surface area contributed by atoms with Crippen LogP contribution in [0.4, 0.5) is 0 Å². The first-order chi connectivity index (χ1) is 10.5. The molecule has 0 unspecified atom stereocenters. The SMILES string of the molecule is CN(C)[C@@H]1CCN(Cc2cccc(Cl)c2Cl)C[C@@H]1CCCO. The average Bonchev–Trinajstić information content (AvgIpc) is 2.49.